The van der Waals surface area contributed by atoms with Gasteiger partial charge >= 0.3 is 17.6 Å². The third-order valence-corrected chi connectivity index (χ3v) is 10.2. The Balaban J connectivity index is 4.74. The molecule has 0 aliphatic heterocycles. The highest BCUT2D eigenvalue weighted by molar-refractivity contribution is 6.61. The average Bonchev–Trinajstić information content (AvgIpc) is 2.60. The van der Waals surface area contributed by atoms with Crippen LogP contribution in [-0.4, -0.2) is 57.3 Å². The first-order valence-electron chi connectivity index (χ1n) is 10.3. The maximum Gasteiger partial charge on any atom is 0.500 e. The van der Waals surface area contributed by atoms with E-state index in [1.165, 1.54) is 0 Å². The van der Waals surface area contributed by atoms with Gasteiger partial charge in [-0.1, -0.05) is 6.92 Å². The lowest BCUT2D eigenvalue weighted by Gasteiger charge is -2.31. The largest absolute Gasteiger partial charge is 0.500 e. The summed E-state index contributed by atoms with van der Waals surface area (Å²) in [4.78, 5) is 0. The van der Waals surface area contributed by atoms with Gasteiger partial charge in [-0.3, -0.25) is 0 Å². The van der Waals surface area contributed by atoms with Gasteiger partial charge in [0.25, 0.3) is 0 Å². The minimum absolute atomic E-state index is 0.497. The summed E-state index contributed by atoms with van der Waals surface area (Å²) >= 11 is 0. The fourth-order valence-electron chi connectivity index (χ4n) is 2.99. The average molecular weight is 411 g/mol. The molecule has 0 aromatic rings. The van der Waals surface area contributed by atoms with Gasteiger partial charge in [-0.15, -0.1) is 0 Å². The second kappa shape index (κ2) is 15.2. The molecule has 0 bridgehead atoms. The molecule has 0 radical (unpaired) electrons. The second-order valence-corrected chi connectivity index (χ2v) is 11.6. The van der Waals surface area contributed by atoms with Gasteiger partial charge < -0.3 is 26.6 Å². The fourth-order valence-corrected chi connectivity index (χ4v) is 8.69. The summed E-state index contributed by atoms with van der Waals surface area (Å²) < 4.78 is 35.7. The van der Waals surface area contributed by atoms with Crippen molar-refractivity contribution in [3.8, 4) is 0 Å². The lowest BCUT2D eigenvalue weighted by atomic mass is 10.1. The van der Waals surface area contributed by atoms with E-state index in [1.54, 1.807) is 0 Å². The Labute approximate surface area is 163 Å². The summed E-state index contributed by atoms with van der Waals surface area (Å²) in [5, 5.41) is 0. The van der Waals surface area contributed by atoms with Crippen LogP contribution in [0.1, 0.15) is 61.3 Å². The quantitative estimate of drug-likeness (QED) is 0.310. The van der Waals surface area contributed by atoms with E-state index >= 15 is 0 Å². The standard InChI is InChI=1S/C18H42O6Si2/c1-8-19-25(20-9-2,21-10-3)16-14-18(7)15-17-26(22-11-4,23-12-5)24-13-6/h18H,8-17H2,1-7H3. The molecule has 8 heteroatoms. The zero-order valence-electron chi connectivity index (χ0n) is 18.1. The molecule has 158 valence electrons. The van der Waals surface area contributed by atoms with Gasteiger partial charge in [-0.25, -0.2) is 0 Å². The van der Waals surface area contributed by atoms with Crippen LogP contribution in [-0.2, 0) is 26.6 Å². The molecule has 0 spiro atoms. The van der Waals surface area contributed by atoms with Crippen molar-refractivity contribution in [1.29, 1.82) is 0 Å². The zero-order chi connectivity index (χ0) is 19.9. The topological polar surface area (TPSA) is 55.4 Å². The lowest BCUT2D eigenvalue weighted by molar-refractivity contribution is 0.0677. The van der Waals surface area contributed by atoms with Crippen LogP contribution in [0.5, 0.6) is 0 Å². The first-order chi connectivity index (χ1) is 12.5. The van der Waals surface area contributed by atoms with E-state index in [-0.39, 0.29) is 0 Å². The van der Waals surface area contributed by atoms with Crippen molar-refractivity contribution >= 4 is 17.6 Å². The molecule has 0 rings (SSSR count). The summed E-state index contributed by atoms with van der Waals surface area (Å²) in [6, 6.07) is 1.69. The minimum atomic E-state index is -2.56. The van der Waals surface area contributed by atoms with Crippen molar-refractivity contribution in [2.24, 2.45) is 5.92 Å². The van der Waals surface area contributed by atoms with Crippen LogP contribution >= 0.6 is 0 Å². The summed E-state index contributed by atoms with van der Waals surface area (Å²) in [7, 11) is -5.12. The highest BCUT2D eigenvalue weighted by Gasteiger charge is 2.42. The highest BCUT2D eigenvalue weighted by atomic mass is 28.4. The Hall–Kier alpha value is 0.194. The van der Waals surface area contributed by atoms with Crippen molar-refractivity contribution in [2.45, 2.75) is 73.4 Å². The molecule has 26 heavy (non-hydrogen) atoms. The van der Waals surface area contributed by atoms with Crippen LogP contribution in [0.3, 0.4) is 0 Å². The first-order valence-corrected chi connectivity index (χ1v) is 14.2. The van der Waals surface area contributed by atoms with Gasteiger partial charge in [0.05, 0.1) is 0 Å². The van der Waals surface area contributed by atoms with Crippen molar-refractivity contribution in [3.63, 3.8) is 0 Å². The predicted molar refractivity (Wildman–Crippen MR) is 109 cm³/mol. The summed E-state index contributed by atoms with van der Waals surface area (Å²) in [5.74, 6) is 0.497. The predicted octanol–water partition coefficient (Wildman–Crippen LogP) is 4.50. The number of hydrogen-bond donors (Lipinski definition) is 0. The third-order valence-electron chi connectivity index (χ3n) is 4.07. The monoisotopic (exact) mass is 410 g/mol. The molecule has 6 nitrogen and oxygen atoms in total. The van der Waals surface area contributed by atoms with Gasteiger partial charge in [0.2, 0.25) is 0 Å². The van der Waals surface area contributed by atoms with E-state index in [0.717, 1.165) is 24.9 Å². The number of rotatable bonds is 18. The second-order valence-electron chi connectivity index (χ2n) is 6.15. The SMILES string of the molecule is CCO[Si](CCC(C)CC[Si](OCC)(OCC)OCC)(OCC)OCC. The molecule has 0 heterocycles. The molecule has 0 amide bonds. The van der Waals surface area contributed by atoms with Crippen LogP contribution in [0.15, 0.2) is 0 Å². The Bertz CT molecular complexity index is 269. The Morgan fingerprint density at radius 2 is 0.731 bits per heavy atom. The Kier molecular flexibility index (Phi) is 15.3. The molecule has 0 N–H and O–H groups in total. The summed E-state index contributed by atoms with van der Waals surface area (Å²) in [5.41, 5.74) is 0. The minimum Gasteiger partial charge on any atom is -0.374 e. The highest BCUT2D eigenvalue weighted by Crippen LogP contribution is 2.27. The molecule has 0 saturated heterocycles. The number of hydrogen-bond acceptors (Lipinski definition) is 6. The van der Waals surface area contributed by atoms with Crippen molar-refractivity contribution in [2.75, 3.05) is 39.6 Å². The third kappa shape index (κ3) is 9.94. The van der Waals surface area contributed by atoms with E-state index in [9.17, 15) is 0 Å². The van der Waals surface area contributed by atoms with E-state index in [2.05, 4.69) is 6.92 Å². The molecule has 0 unspecified atom stereocenters. The lowest BCUT2D eigenvalue weighted by Crippen LogP contribution is -2.47. The van der Waals surface area contributed by atoms with E-state index in [4.69, 9.17) is 26.6 Å². The van der Waals surface area contributed by atoms with Crippen LogP contribution in [0.4, 0.5) is 0 Å². The fraction of sp³-hybridized carbons (Fsp3) is 1.00. The molecule has 0 aromatic heterocycles. The van der Waals surface area contributed by atoms with Crippen LogP contribution < -0.4 is 0 Å². The molecule has 0 atom stereocenters. The normalized spacial score (nSPS) is 12.9. The van der Waals surface area contributed by atoms with E-state index in [0.29, 0.717) is 45.6 Å². The van der Waals surface area contributed by atoms with Gasteiger partial charge in [-0.2, -0.15) is 0 Å². The molecule has 0 fully saturated rings. The molecular formula is C18H42O6Si2. The maximum absolute atomic E-state index is 5.95. The first kappa shape index (κ1) is 26.2. The van der Waals surface area contributed by atoms with Crippen LogP contribution in [0, 0.1) is 5.92 Å². The van der Waals surface area contributed by atoms with E-state index < -0.39 is 17.6 Å². The molecular weight excluding hydrogens is 368 g/mol. The van der Waals surface area contributed by atoms with Crippen molar-refractivity contribution in [1.82, 2.24) is 0 Å². The van der Waals surface area contributed by atoms with Crippen molar-refractivity contribution in [3.05, 3.63) is 0 Å². The van der Waals surface area contributed by atoms with Crippen LogP contribution in [0.2, 0.25) is 12.1 Å². The maximum atomic E-state index is 5.95. The molecule has 0 aromatic carbocycles. The summed E-state index contributed by atoms with van der Waals surface area (Å²) in [6.45, 7) is 18.0. The van der Waals surface area contributed by atoms with Gasteiger partial charge in [-0.05, 0) is 60.3 Å². The van der Waals surface area contributed by atoms with Gasteiger partial charge in [0, 0.05) is 51.7 Å². The smallest absolute Gasteiger partial charge is 0.374 e. The van der Waals surface area contributed by atoms with Gasteiger partial charge in [0.1, 0.15) is 0 Å². The van der Waals surface area contributed by atoms with Gasteiger partial charge in [0.15, 0.2) is 0 Å². The Morgan fingerprint density at radius 3 is 0.923 bits per heavy atom. The Morgan fingerprint density at radius 1 is 0.500 bits per heavy atom. The zero-order valence-corrected chi connectivity index (χ0v) is 20.1. The summed E-state index contributed by atoms with van der Waals surface area (Å²) in [6.07, 6.45) is 2.00. The van der Waals surface area contributed by atoms with Crippen molar-refractivity contribution < 1.29 is 26.6 Å². The van der Waals surface area contributed by atoms with Crippen LogP contribution in [0.25, 0.3) is 0 Å². The molecule has 0 aliphatic carbocycles. The molecule has 0 saturated carbocycles. The molecule has 0 aliphatic rings. The van der Waals surface area contributed by atoms with E-state index in [1.807, 2.05) is 41.5 Å².